The number of methoxy groups -OCH3 is 1. The third-order valence-electron chi connectivity index (χ3n) is 3.99. The van der Waals surface area contributed by atoms with Gasteiger partial charge in [0.1, 0.15) is 11.4 Å². The molecule has 0 amide bonds. The van der Waals surface area contributed by atoms with Crippen LogP contribution >= 0.6 is 23.4 Å². The molecule has 0 saturated heterocycles. The number of halogens is 1. The highest BCUT2D eigenvalue weighted by Gasteiger charge is 2.15. The normalized spacial score (nSPS) is 11.0. The van der Waals surface area contributed by atoms with E-state index < -0.39 is 0 Å². The number of ether oxygens (including phenoxy) is 1. The summed E-state index contributed by atoms with van der Waals surface area (Å²) in [5.41, 5.74) is 2.74. The van der Waals surface area contributed by atoms with E-state index in [1.165, 1.54) is 11.8 Å². The standard InChI is InChI=1S/C19H16ClN5O2S/c1-12-6-7-16(26-2)15(8-12)25-19(22-23-24-25)28-11-18-21-10-17(27-18)13-4-3-5-14(20)9-13/h3-10H,11H2,1-2H3. The molecule has 7 nitrogen and oxygen atoms in total. The van der Waals surface area contributed by atoms with Crippen LogP contribution in [0.15, 0.2) is 58.2 Å². The van der Waals surface area contributed by atoms with Crippen LogP contribution < -0.4 is 4.74 Å². The van der Waals surface area contributed by atoms with Crippen molar-refractivity contribution in [2.75, 3.05) is 7.11 Å². The second kappa shape index (κ2) is 8.04. The van der Waals surface area contributed by atoms with E-state index in [0.717, 1.165) is 16.8 Å². The number of hydrogen-bond donors (Lipinski definition) is 0. The number of aromatic nitrogens is 5. The molecular formula is C19H16ClN5O2S. The minimum Gasteiger partial charge on any atom is -0.494 e. The van der Waals surface area contributed by atoms with Crippen molar-refractivity contribution in [2.24, 2.45) is 0 Å². The van der Waals surface area contributed by atoms with Crippen LogP contribution in [0.3, 0.4) is 0 Å². The molecule has 142 valence electrons. The molecule has 0 aliphatic heterocycles. The van der Waals surface area contributed by atoms with Crippen molar-refractivity contribution in [1.82, 2.24) is 25.2 Å². The number of thioether (sulfide) groups is 1. The fourth-order valence-electron chi connectivity index (χ4n) is 2.66. The number of hydrogen-bond acceptors (Lipinski definition) is 7. The molecular weight excluding hydrogens is 398 g/mol. The van der Waals surface area contributed by atoms with E-state index in [4.69, 9.17) is 20.8 Å². The molecule has 9 heteroatoms. The summed E-state index contributed by atoms with van der Waals surface area (Å²) < 4.78 is 12.9. The Kier molecular flexibility index (Phi) is 5.31. The Bertz CT molecular complexity index is 1110. The van der Waals surface area contributed by atoms with E-state index in [2.05, 4.69) is 20.5 Å². The van der Waals surface area contributed by atoms with Crippen molar-refractivity contribution in [3.05, 3.63) is 65.1 Å². The van der Waals surface area contributed by atoms with Crippen molar-refractivity contribution in [3.63, 3.8) is 0 Å². The van der Waals surface area contributed by atoms with Gasteiger partial charge < -0.3 is 9.15 Å². The predicted octanol–water partition coefficient (Wildman–Crippen LogP) is 4.58. The van der Waals surface area contributed by atoms with Gasteiger partial charge in [-0.1, -0.05) is 41.6 Å². The first-order valence-corrected chi connectivity index (χ1v) is 9.77. The summed E-state index contributed by atoms with van der Waals surface area (Å²) >= 11 is 7.47. The molecule has 0 N–H and O–H groups in total. The summed E-state index contributed by atoms with van der Waals surface area (Å²) in [6.45, 7) is 2.00. The zero-order chi connectivity index (χ0) is 19.5. The van der Waals surface area contributed by atoms with Crippen molar-refractivity contribution >= 4 is 23.4 Å². The molecule has 0 aliphatic rings. The number of nitrogens with zero attached hydrogens (tertiary/aromatic N) is 5. The van der Waals surface area contributed by atoms with E-state index in [1.807, 2.05) is 49.4 Å². The topological polar surface area (TPSA) is 78.9 Å². The van der Waals surface area contributed by atoms with Crippen LogP contribution in [0.1, 0.15) is 11.5 Å². The molecule has 0 unspecified atom stereocenters. The summed E-state index contributed by atoms with van der Waals surface area (Å²) in [4.78, 5) is 4.34. The Morgan fingerprint density at radius 1 is 1.21 bits per heavy atom. The number of tetrazole rings is 1. The van der Waals surface area contributed by atoms with Gasteiger partial charge in [0.25, 0.3) is 0 Å². The van der Waals surface area contributed by atoms with Crippen LogP contribution in [0.2, 0.25) is 5.02 Å². The van der Waals surface area contributed by atoms with Gasteiger partial charge in [0, 0.05) is 10.6 Å². The molecule has 4 rings (SSSR count). The lowest BCUT2D eigenvalue weighted by molar-refractivity contribution is 0.410. The van der Waals surface area contributed by atoms with Gasteiger partial charge in [-0.15, -0.1) is 5.10 Å². The average molecular weight is 414 g/mol. The lowest BCUT2D eigenvalue weighted by Gasteiger charge is -2.09. The number of oxazole rings is 1. The molecule has 0 spiro atoms. The van der Waals surface area contributed by atoms with Crippen molar-refractivity contribution in [1.29, 1.82) is 0 Å². The first-order valence-electron chi connectivity index (χ1n) is 8.41. The van der Waals surface area contributed by atoms with Crippen LogP contribution in [0.25, 0.3) is 17.0 Å². The number of benzene rings is 2. The minimum atomic E-state index is 0.481. The maximum atomic E-state index is 6.04. The summed E-state index contributed by atoms with van der Waals surface area (Å²) in [6.07, 6.45) is 1.69. The van der Waals surface area contributed by atoms with Gasteiger partial charge in [-0.25, -0.2) is 4.98 Å². The Hall–Kier alpha value is -2.84. The van der Waals surface area contributed by atoms with Gasteiger partial charge >= 0.3 is 0 Å². The van der Waals surface area contributed by atoms with Gasteiger partial charge in [0.15, 0.2) is 5.76 Å². The third-order valence-corrected chi connectivity index (χ3v) is 5.13. The number of rotatable bonds is 6. The highest BCUT2D eigenvalue weighted by Crippen LogP contribution is 2.29. The molecule has 2 heterocycles. The maximum absolute atomic E-state index is 6.04. The van der Waals surface area contributed by atoms with Crippen LogP contribution in [-0.2, 0) is 5.75 Å². The molecule has 2 aromatic heterocycles. The van der Waals surface area contributed by atoms with Crippen LogP contribution in [0, 0.1) is 6.92 Å². The summed E-state index contributed by atoms with van der Waals surface area (Å²) in [5.74, 6) is 2.41. The largest absolute Gasteiger partial charge is 0.494 e. The van der Waals surface area contributed by atoms with Crippen molar-refractivity contribution in [2.45, 2.75) is 17.8 Å². The molecule has 0 radical (unpaired) electrons. The molecule has 4 aromatic rings. The molecule has 0 atom stereocenters. The fraction of sp³-hybridized carbons (Fsp3) is 0.158. The quantitative estimate of drug-likeness (QED) is 0.428. The summed E-state index contributed by atoms with van der Waals surface area (Å²) in [7, 11) is 1.62. The van der Waals surface area contributed by atoms with E-state index in [1.54, 1.807) is 18.0 Å². The van der Waals surface area contributed by atoms with E-state index in [-0.39, 0.29) is 0 Å². The highest BCUT2D eigenvalue weighted by atomic mass is 35.5. The van der Waals surface area contributed by atoms with Crippen LogP contribution in [0.4, 0.5) is 0 Å². The van der Waals surface area contributed by atoms with Gasteiger partial charge in [-0.05, 0) is 47.2 Å². The molecule has 0 fully saturated rings. The second-order valence-corrected chi connectivity index (χ2v) is 7.34. The first-order chi connectivity index (χ1) is 13.6. The van der Waals surface area contributed by atoms with Crippen molar-refractivity contribution < 1.29 is 9.15 Å². The average Bonchev–Trinajstić information content (AvgIpc) is 3.36. The highest BCUT2D eigenvalue weighted by molar-refractivity contribution is 7.98. The molecule has 0 saturated carbocycles. The van der Waals surface area contributed by atoms with Crippen LogP contribution in [-0.4, -0.2) is 32.3 Å². The van der Waals surface area contributed by atoms with Gasteiger partial charge in [0.2, 0.25) is 11.0 Å². The number of aryl methyl sites for hydroxylation is 1. The van der Waals surface area contributed by atoms with Gasteiger partial charge in [-0.3, -0.25) is 0 Å². The van der Waals surface area contributed by atoms with Gasteiger partial charge in [0.05, 0.1) is 19.1 Å². The van der Waals surface area contributed by atoms with Gasteiger partial charge in [-0.2, -0.15) is 4.68 Å². The third kappa shape index (κ3) is 3.88. The van der Waals surface area contributed by atoms with E-state index >= 15 is 0 Å². The predicted molar refractivity (Wildman–Crippen MR) is 107 cm³/mol. The smallest absolute Gasteiger partial charge is 0.214 e. The Labute approximate surface area is 170 Å². The molecule has 28 heavy (non-hydrogen) atoms. The van der Waals surface area contributed by atoms with Crippen molar-refractivity contribution in [3.8, 4) is 22.8 Å². The zero-order valence-electron chi connectivity index (χ0n) is 15.2. The van der Waals surface area contributed by atoms with E-state index in [0.29, 0.717) is 33.3 Å². The molecule has 0 aliphatic carbocycles. The van der Waals surface area contributed by atoms with E-state index in [9.17, 15) is 0 Å². The summed E-state index contributed by atoms with van der Waals surface area (Å²) in [5, 5.41) is 13.3. The summed E-state index contributed by atoms with van der Waals surface area (Å²) in [6, 6.07) is 13.3. The minimum absolute atomic E-state index is 0.481. The second-order valence-electron chi connectivity index (χ2n) is 5.97. The Balaban J connectivity index is 1.53. The first kappa shape index (κ1) is 18.5. The fourth-order valence-corrected chi connectivity index (χ4v) is 3.59. The van der Waals surface area contributed by atoms with Crippen LogP contribution in [0.5, 0.6) is 5.75 Å². The zero-order valence-corrected chi connectivity index (χ0v) is 16.7. The monoisotopic (exact) mass is 413 g/mol. The SMILES string of the molecule is COc1ccc(C)cc1-n1nnnc1SCc1ncc(-c2cccc(Cl)c2)o1. The Morgan fingerprint density at radius 3 is 2.93 bits per heavy atom. The Morgan fingerprint density at radius 2 is 2.11 bits per heavy atom. The lowest BCUT2D eigenvalue weighted by Crippen LogP contribution is -2.02. The molecule has 2 aromatic carbocycles. The molecule has 0 bridgehead atoms. The maximum Gasteiger partial charge on any atom is 0.214 e. The lowest BCUT2D eigenvalue weighted by atomic mass is 10.2.